The molecule has 32 unspecified atom stereocenters. The van der Waals surface area contributed by atoms with Crippen molar-refractivity contribution in [2.24, 2.45) is 28.1 Å². The average molecular weight is 1410 g/mol. The van der Waals surface area contributed by atoms with Crippen LogP contribution in [-0.4, -0.2) is 334 Å². The molecule has 0 radical (unpaired) electrons. The maximum atomic E-state index is 12.7. The summed E-state index contributed by atoms with van der Waals surface area (Å²) in [4.78, 5) is 0. The number of halogens is 1. The van der Waals surface area contributed by atoms with Crippen LogP contribution >= 0.6 is 22.6 Å². The number of hydrogen-bond donors (Lipinski definition) is 21. The van der Waals surface area contributed by atoms with Crippen LogP contribution in [0.3, 0.4) is 0 Å². The lowest BCUT2D eigenvalue weighted by Crippen LogP contribution is -2.68. The summed E-state index contributed by atoms with van der Waals surface area (Å²) in [6.45, 7) is 5.62. The van der Waals surface area contributed by atoms with Gasteiger partial charge in [-0.05, 0) is 79.6 Å². The third-order valence-corrected chi connectivity index (χ3v) is 21.9. The first-order valence-corrected chi connectivity index (χ1v) is 31.6. The van der Waals surface area contributed by atoms with Crippen LogP contribution in [0.25, 0.3) is 0 Å². The minimum absolute atomic E-state index is 0.116. The van der Waals surface area contributed by atoms with E-state index in [0.29, 0.717) is 56.9 Å². The van der Waals surface area contributed by atoms with E-state index in [2.05, 4.69) is 13.5 Å². The molecular formula is C56H93IO32. The summed E-state index contributed by atoms with van der Waals surface area (Å²) in [5.41, 5.74) is -2.93. The molecule has 32 nitrogen and oxygen atoms in total. The lowest BCUT2D eigenvalue weighted by atomic mass is 9.40. The molecule has 5 aliphatic heterocycles. The van der Waals surface area contributed by atoms with E-state index in [0.717, 1.165) is 0 Å². The number of aliphatic hydroxyl groups excluding tert-OH is 21. The van der Waals surface area contributed by atoms with E-state index in [1.807, 2.05) is 6.92 Å². The summed E-state index contributed by atoms with van der Waals surface area (Å²) in [5.74, 6) is -0.459. The minimum atomic E-state index is -2.43. The molecule has 0 aromatic rings. The number of fused-ring (bicyclic) bond motifs is 3. The Labute approximate surface area is 525 Å². The monoisotopic (exact) mass is 1400 g/mol. The summed E-state index contributed by atoms with van der Waals surface area (Å²) in [7, 11) is 0. The van der Waals surface area contributed by atoms with Crippen molar-refractivity contribution >= 4 is 22.6 Å². The molecule has 4 aliphatic carbocycles. The second-order valence-corrected chi connectivity index (χ2v) is 28.4. The SMILES string of the molecule is C=C1C[C@@]23CCC4[C@](C)(C(O)OC5OC(CO)C(O)C(OC6OC(CO)C(O)C(O)C6O)C5OC(O)C(O)C(O)C(O)C(C)I)CCC[C@@]4(C)[C@@H]2CC[C@]1(OC1OC(CO)C(O)C(OC2OC(CO)C(O)C(O)C2O)C1OC1OC(CO)C(O)C(O)C1O)C3. The van der Waals surface area contributed by atoms with Gasteiger partial charge in [0.05, 0.1) is 44.7 Å². The highest BCUT2D eigenvalue weighted by molar-refractivity contribution is 14.1. The molecule has 9 fully saturated rings. The molecule has 1 spiro atoms. The molecular weight excluding hydrogens is 1310 g/mol. The maximum Gasteiger partial charge on any atom is 0.190 e. The van der Waals surface area contributed by atoms with Crippen molar-refractivity contribution in [3.8, 4) is 0 Å². The zero-order valence-electron chi connectivity index (χ0n) is 49.4. The number of aliphatic hydroxyl groups is 21. The van der Waals surface area contributed by atoms with Gasteiger partial charge < -0.3 is 159 Å². The summed E-state index contributed by atoms with van der Waals surface area (Å²) < 4.78 is 66.5. The Morgan fingerprint density at radius 1 is 0.483 bits per heavy atom. The predicted octanol–water partition coefficient (Wildman–Crippen LogP) is -8.25. The van der Waals surface area contributed by atoms with Gasteiger partial charge in [0.1, 0.15) is 134 Å². The molecule has 0 aromatic heterocycles. The molecule has 2 bridgehead atoms. The van der Waals surface area contributed by atoms with Gasteiger partial charge in [0.2, 0.25) is 0 Å². The van der Waals surface area contributed by atoms with Crippen LogP contribution in [0.2, 0.25) is 0 Å². The Balaban J connectivity index is 0.986. The van der Waals surface area contributed by atoms with Crippen LogP contribution < -0.4 is 0 Å². The van der Waals surface area contributed by atoms with Crippen molar-refractivity contribution in [2.75, 3.05) is 33.0 Å². The highest BCUT2D eigenvalue weighted by Gasteiger charge is 2.70. The fourth-order valence-electron chi connectivity index (χ4n) is 16.1. The average Bonchev–Trinajstić information content (AvgIpc) is 1.65. The molecule has 0 amide bonds. The van der Waals surface area contributed by atoms with Gasteiger partial charge in [0.25, 0.3) is 0 Å². The zero-order valence-corrected chi connectivity index (χ0v) is 51.6. The van der Waals surface area contributed by atoms with Crippen molar-refractivity contribution in [1.82, 2.24) is 0 Å². The third kappa shape index (κ3) is 13.4. The van der Waals surface area contributed by atoms with Crippen molar-refractivity contribution in [3.63, 3.8) is 0 Å². The van der Waals surface area contributed by atoms with Gasteiger partial charge in [-0.3, -0.25) is 0 Å². The standard InChI is InChI=1S/C56H93IO32/c1-19-12-55-10-6-26-53(3,8-5-9-54(26,4)52(78)88-50-44(84-46(77)38(73)34(69)28(63)20(2)57)42(32(67)24(16-61)82-50)85-47-39(74)35(70)29(64)21(13-58)79-47)27(55)7-11-56(19,18-55)89-51-45(87-49-41(76)37(72)31(66)23(15-60)81-49)43(33(68)25(17-62)83-51)86-48-40(75)36(71)30(65)22(14-59)80-48/h20-52,58-78H,1,5-18H2,2-4H3/t20?,21?,22?,23?,24?,25?,26?,27-,28?,29?,30?,31?,32?,33?,34?,35?,36?,37?,38?,39?,40?,41?,42?,43?,44?,45?,46?,47?,48?,49?,50?,51?,52?,53+,54+,55+,56-/m0/s1. The van der Waals surface area contributed by atoms with Crippen LogP contribution in [0.1, 0.15) is 78.6 Å². The van der Waals surface area contributed by atoms with Crippen LogP contribution in [0, 0.1) is 28.1 Å². The molecule has 516 valence electrons. The lowest BCUT2D eigenvalue weighted by Gasteiger charge is -2.65. The Kier molecular flexibility index (Phi) is 23.4. The molecule has 9 rings (SSSR count). The molecule has 5 heterocycles. The van der Waals surface area contributed by atoms with Crippen LogP contribution in [0.15, 0.2) is 12.2 Å². The van der Waals surface area contributed by atoms with Crippen molar-refractivity contribution < 1.29 is 159 Å². The van der Waals surface area contributed by atoms with Gasteiger partial charge in [0.15, 0.2) is 44.0 Å². The second kappa shape index (κ2) is 28.7. The normalized spacial score (nSPS) is 51.6. The lowest BCUT2D eigenvalue weighted by molar-refractivity contribution is -0.401. The summed E-state index contributed by atoms with van der Waals surface area (Å²) in [6.07, 6.45) is -52.0. The second-order valence-electron chi connectivity index (χ2n) is 26.4. The van der Waals surface area contributed by atoms with Crippen molar-refractivity contribution in [3.05, 3.63) is 12.2 Å². The van der Waals surface area contributed by atoms with Gasteiger partial charge in [-0.15, -0.1) is 0 Å². The molecule has 5 saturated heterocycles. The fourth-order valence-corrected chi connectivity index (χ4v) is 16.6. The van der Waals surface area contributed by atoms with E-state index in [-0.39, 0.29) is 18.3 Å². The Morgan fingerprint density at radius 2 is 0.910 bits per heavy atom. The van der Waals surface area contributed by atoms with Crippen LogP contribution in [0.5, 0.6) is 0 Å². The van der Waals surface area contributed by atoms with Crippen LogP contribution in [-0.2, 0) is 52.1 Å². The third-order valence-electron chi connectivity index (χ3n) is 21.1. The topological polar surface area (TPSA) is 526 Å². The van der Waals surface area contributed by atoms with Gasteiger partial charge in [-0.1, -0.05) is 56.4 Å². The molecule has 9 aliphatic rings. The van der Waals surface area contributed by atoms with E-state index in [9.17, 15) is 107 Å². The molecule has 33 heteroatoms. The maximum absolute atomic E-state index is 12.7. The van der Waals surface area contributed by atoms with E-state index in [1.165, 1.54) is 6.92 Å². The minimum Gasteiger partial charge on any atom is -0.394 e. The molecule has 89 heavy (non-hydrogen) atoms. The van der Waals surface area contributed by atoms with Gasteiger partial charge in [-0.25, -0.2) is 0 Å². The molecule has 37 atom stereocenters. The number of ether oxygens (including phenoxy) is 11. The highest BCUT2D eigenvalue weighted by Crippen LogP contribution is 2.74. The van der Waals surface area contributed by atoms with E-state index >= 15 is 0 Å². The summed E-state index contributed by atoms with van der Waals surface area (Å²) in [6, 6.07) is 0. The van der Waals surface area contributed by atoms with E-state index < -0.39 is 243 Å². The smallest absolute Gasteiger partial charge is 0.190 e. The summed E-state index contributed by atoms with van der Waals surface area (Å²) >= 11 is 1.78. The quantitative estimate of drug-likeness (QED) is 0.0157. The fraction of sp³-hybridized carbons (Fsp3) is 0.964. The number of alkyl halides is 1. The first-order valence-electron chi connectivity index (χ1n) is 30.4. The largest absolute Gasteiger partial charge is 0.394 e. The Morgan fingerprint density at radius 3 is 1.38 bits per heavy atom. The zero-order chi connectivity index (χ0) is 65.3. The van der Waals surface area contributed by atoms with Crippen molar-refractivity contribution in [2.45, 2.75) is 273 Å². The van der Waals surface area contributed by atoms with E-state index in [1.54, 1.807) is 22.6 Å². The Bertz CT molecular complexity index is 2320. The predicted molar refractivity (Wildman–Crippen MR) is 299 cm³/mol. The van der Waals surface area contributed by atoms with E-state index in [4.69, 9.17) is 52.1 Å². The van der Waals surface area contributed by atoms with Gasteiger partial charge >= 0.3 is 0 Å². The molecule has 4 saturated carbocycles. The highest BCUT2D eigenvalue weighted by atomic mass is 127. The van der Waals surface area contributed by atoms with Gasteiger partial charge in [-0.2, -0.15) is 0 Å². The number of rotatable bonds is 22. The summed E-state index contributed by atoms with van der Waals surface area (Å²) in [5, 5.41) is 229. The first-order chi connectivity index (χ1) is 41.9. The molecule has 0 aromatic carbocycles. The molecule has 21 N–H and O–H groups in total. The van der Waals surface area contributed by atoms with Crippen molar-refractivity contribution in [1.29, 1.82) is 0 Å². The van der Waals surface area contributed by atoms with Crippen LogP contribution in [0.4, 0.5) is 0 Å². The number of hydrogen-bond acceptors (Lipinski definition) is 32. The van der Waals surface area contributed by atoms with Gasteiger partial charge in [0, 0.05) is 9.34 Å². The first kappa shape index (κ1) is 72.5. The Hall–Kier alpha value is -0.810.